The Hall–Kier alpha value is -1.03. The molecular formula is C14H25N3O. The average molecular weight is 251 g/mol. The molecule has 0 saturated heterocycles. The van der Waals surface area contributed by atoms with E-state index in [9.17, 15) is 0 Å². The molecule has 1 aliphatic carbocycles. The van der Waals surface area contributed by atoms with Gasteiger partial charge in [0.25, 0.3) is 0 Å². The Bertz CT molecular complexity index is 383. The average Bonchev–Trinajstić information content (AvgIpc) is 3.11. The van der Waals surface area contributed by atoms with Crippen molar-refractivity contribution in [1.29, 1.82) is 0 Å². The Kier molecular flexibility index (Phi) is 4.64. The largest absolute Gasteiger partial charge is 0.478 e. The lowest BCUT2D eigenvalue weighted by atomic mass is 10.2. The molecule has 0 radical (unpaired) electrons. The quantitative estimate of drug-likeness (QED) is 0.722. The monoisotopic (exact) mass is 251 g/mol. The van der Waals surface area contributed by atoms with E-state index in [4.69, 9.17) is 4.74 Å². The number of hydrogen-bond acceptors (Lipinski definition) is 3. The maximum absolute atomic E-state index is 5.90. The van der Waals surface area contributed by atoms with Gasteiger partial charge in [0.15, 0.2) is 0 Å². The molecular weight excluding hydrogens is 226 g/mol. The van der Waals surface area contributed by atoms with E-state index in [-0.39, 0.29) is 0 Å². The third-order valence-electron chi connectivity index (χ3n) is 3.42. The molecule has 1 aliphatic rings. The van der Waals surface area contributed by atoms with Crippen molar-refractivity contribution in [2.45, 2.75) is 58.5 Å². The predicted molar refractivity (Wildman–Crippen MR) is 72.8 cm³/mol. The maximum Gasteiger partial charge on any atom is 0.216 e. The summed E-state index contributed by atoms with van der Waals surface area (Å²) in [7, 11) is 1.96. The second-order valence-corrected chi connectivity index (χ2v) is 5.20. The Balaban J connectivity index is 1.92. The number of rotatable bonds is 8. The smallest absolute Gasteiger partial charge is 0.216 e. The number of aryl methyl sites for hydroxylation is 2. The van der Waals surface area contributed by atoms with Crippen molar-refractivity contribution in [2.75, 3.05) is 6.61 Å². The van der Waals surface area contributed by atoms with Crippen molar-refractivity contribution < 1.29 is 4.74 Å². The number of nitrogens with zero attached hydrogens (tertiary/aromatic N) is 2. The van der Waals surface area contributed by atoms with Crippen LogP contribution >= 0.6 is 0 Å². The molecule has 0 amide bonds. The van der Waals surface area contributed by atoms with E-state index in [1.165, 1.54) is 31.2 Å². The van der Waals surface area contributed by atoms with E-state index in [1.807, 2.05) is 11.7 Å². The second-order valence-electron chi connectivity index (χ2n) is 5.20. The standard InChI is InChI=1S/C14H25N3O/c1-4-5-6-9-18-14-13(10-15-12-7-8-12)11(2)16-17(14)3/h12,15H,4-10H2,1-3H3. The molecule has 1 N–H and O–H groups in total. The van der Waals surface area contributed by atoms with Crippen LogP contribution in [0.4, 0.5) is 0 Å². The molecule has 102 valence electrons. The molecule has 1 heterocycles. The molecule has 0 atom stereocenters. The fourth-order valence-electron chi connectivity index (χ4n) is 2.12. The Morgan fingerprint density at radius 2 is 2.17 bits per heavy atom. The third kappa shape index (κ3) is 3.48. The molecule has 0 spiro atoms. The SMILES string of the molecule is CCCCCOc1c(CNC2CC2)c(C)nn1C. The minimum atomic E-state index is 0.720. The molecule has 0 aromatic carbocycles. The van der Waals surface area contributed by atoms with Gasteiger partial charge in [0.1, 0.15) is 0 Å². The summed E-state index contributed by atoms with van der Waals surface area (Å²) in [6, 6.07) is 0.720. The topological polar surface area (TPSA) is 39.1 Å². The fraction of sp³-hybridized carbons (Fsp3) is 0.786. The van der Waals surface area contributed by atoms with Gasteiger partial charge >= 0.3 is 0 Å². The zero-order chi connectivity index (χ0) is 13.0. The summed E-state index contributed by atoms with van der Waals surface area (Å²) in [6.45, 7) is 5.94. The highest BCUT2D eigenvalue weighted by atomic mass is 16.5. The van der Waals surface area contributed by atoms with Crippen molar-refractivity contribution >= 4 is 0 Å². The molecule has 0 bridgehead atoms. The van der Waals surface area contributed by atoms with Gasteiger partial charge in [-0.1, -0.05) is 19.8 Å². The summed E-state index contributed by atoms with van der Waals surface area (Å²) >= 11 is 0. The maximum atomic E-state index is 5.90. The molecule has 1 aromatic rings. The highest BCUT2D eigenvalue weighted by Gasteiger charge is 2.22. The number of ether oxygens (including phenoxy) is 1. The molecule has 0 aliphatic heterocycles. The fourth-order valence-corrected chi connectivity index (χ4v) is 2.12. The summed E-state index contributed by atoms with van der Waals surface area (Å²) in [5, 5.41) is 8.00. The lowest BCUT2D eigenvalue weighted by Gasteiger charge is -2.09. The molecule has 4 heteroatoms. The highest BCUT2D eigenvalue weighted by molar-refractivity contribution is 5.31. The Morgan fingerprint density at radius 1 is 1.39 bits per heavy atom. The van der Waals surface area contributed by atoms with E-state index < -0.39 is 0 Å². The van der Waals surface area contributed by atoms with Gasteiger partial charge in [-0.3, -0.25) is 0 Å². The minimum absolute atomic E-state index is 0.720. The number of unbranched alkanes of at least 4 members (excludes halogenated alkanes) is 2. The van der Waals surface area contributed by atoms with E-state index in [2.05, 4.69) is 24.3 Å². The zero-order valence-corrected chi connectivity index (χ0v) is 11.8. The van der Waals surface area contributed by atoms with Crippen molar-refractivity contribution in [2.24, 2.45) is 7.05 Å². The molecule has 18 heavy (non-hydrogen) atoms. The lowest BCUT2D eigenvalue weighted by molar-refractivity contribution is 0.277. The van der Waals surface area contributed by atoms with Gasteiger partial charge < -0.3 is 10.1 Å². The first-order chi connectivity index (χ1) is 8.72. The van der Waals surface area contributed by atoms with Gasteiger partial charge in [-0.05, 0) is 26.2 Å². The van der Waals surface area contributed by atoms with Crippen LogP contribution in [0.5, 0.6) is 5.88 Å². The van der Waals surface area contributed by atoms with Gasteiger partial charge in [0.05, 0.1) is 17.9 Å². The second kappa shape index (κ2) is 6.23. The summed E-state index contributed by atoms with van der Waals surface area (Å²) in [6.07, 6.45) is 6.20. The summed E-state index contributed by atoms with van der Waals surface area (Å²) in [4.78, 5) is 0. The van der Waals surface area contributed by atoms with Gasteiger partial charge in [-0.2, -0.15) is 5.10 Å². The van der Waals surface area contributed by atoms with Gasteiger partial charge in [-0.25, -0.2) is 4.68 Å². The number of hydrogen-bond donors (Lipinski definition) is 1. The van der Waals surface area contributed by atoms with Crippen molar-refractivity contribution in [3.63, 3.8) is 0 Å². The van der Waals surface area contributed by atoms with Crippen molar-refractivity contribution in [3.8, 4) is 5.88 Å². The van der Waals surface area contributed by atoms with Crippen LogP contribution in [0.1, 0.15) is 50.3 Å². The molecule has 0 unspecified atom stereocenters. The summed E-state index contributed by atoms with van der Waals surface area (Å²) in [5.41, 5.74) is 2.30. The van der Waals surface area contributed by atoms with E-state index in [0.29, 0.717) is 0 Å². The number of nitrogens with one attached hydrogen (secondary N) is 1. The van der Waals surface area contributed by atoms with Crippen molar-refractivity contribution in [1.82, 2.24) is 15.1 Å². The van der Waals surface area contributed by atoms with Gasteiger partial charge in [0.2, 0.25) is 5.88 Å². The zero-order valence-electron chi connectivity index (χ0n) is 11.8. The highest BCUT2D eigenvalue weighted by Crippen LogP contribution is 2.24. The van der Waals surface area contributed by atoms with Crippen LogP contribution in [0.15, 0.2) is 0 Å². The van der Waals surface area contributed by atoms with Crippen LogP contribution in [-0.2, 0) is 13.6 Å². The summed E-state index contributed by atoms with van der Waals surface area (Å²) < 4.78 is 7.77. The molecule has 1 saturated carbocycles. The Labute approximate surface area is 110 Å². The minimum Gasteiger partial charge on any atom is -0.478 e. The van der Waals surface area contributed by atoms with Crippen LogP contribution in [0.2, 0.25) is 0 Å². The normalized spacial score (nSPS) is 15.1. The number of aromatic nitrogens is 2. The van der Waals surface area contributed by atoms with Gasteiger partial charge in [0, 0.05) is 19.6 Å². The molecule has 1 aromatic heterocycles. The Morgan fingerprint density at radius 3 is 2.83 bits per heavy atom. The van der Waals surface area contributed by atoms with Gasteiger partial charge in [-0.15, -0.1) is 0 Å². The van der Waals surface area contributed by atoms with Crippen LogP contribution in [0.3, 0.4) is 0 Å². The van der Waals surface area contributed by atoms with Crippen LogP contribution in [0, 0.1) is 6.92 Å². The third-order valence-corrected chi connectivity index (χ3v) is 3.42. The first kappa shape index (κ1) is 13.4. The molecule has 4 nitrogen and oxygen atoms in total. The van der Waals surface area contributed by atoms with E-state index >= 15 is 0 Å². The van der Waals surface area contributed by atoms with Crippen LogP contribution in [-0.4, -0.2) is 22.4 Å². The van der Waals surface area contributed by atoms with E-state index in [0.717, 1.165) is 37.2 Å². The predicted octanol–water partition coefficient (Wildman–Crippen LogP) is 2.55. The van der Waals surface area contributed by atoms with Crippen LogP contribution in [0.25, 0.3) is 0 Å². The molecule has 1 fully saturated rings. The van der Waals surface area contributed by atoms with E-state index in [1.54, 1.807) is 0 Å². The lowest BCUT2D eigenvalue weighted by Crippen LogP contribution is -2.16. The van der Waals surface area contributed by atoms with Crippen molar-refractivity contribution in [3.05, 3.63) is 11.3 Å². The molecule has 2 rings (SSSR count). The van der Waals surface area contributed by atoms with Crippen LogP contribution < -0.4 is 10.1 Å². The first-order valence-electron chi connectivity index (χ1n) is 7.11. The summed E-state index contributed by atoms with van der Waals surface area (Å²) in [5.74, 6) is 0.941. The first-order valence-corrected chi connectivity index (χ1v) is 7.11.